The molecule has 0 aromatic rings. The molecule has 0 aliphatic heterocycles. The van der Waals surface area contributed by atoms with Crippen molar-refractivity contribution in [1.29, 1.82) is 0 Å². The molecule has 0 aromatic heterocycles. The standard InChI is InChI=1S/C21H26ClFO3/c1-19-7-8-21(23)15(14(19)5-6-16(19)17(25)11-22)4-3-12-9-13(24)10-18(26)20(12,21)2/h6,9,14-15,18,26H,3-5,7-8,10-11H2,1-2H3/t14-,15-,18?,19-,20+,21+/m0/s1. The van der Waals surface area contributed by atoms with Crippen molar-refractivity contribution in [3.05, 3.63) is 23.3 Å². The second kappa shape index (κ2) is 5.75. The highest BCUT2D eigenvalue weighted by Crippen LogP contribution is 2.68. The van der Waals surface area contributed by atoms with Crippen LogP contribution in [0.25, 0.3) is 0 Å². The van der Waals surface area contributed by atoms with E-state index in [1.54, 1.807) is 13.0 Å². The van der Waals surface area contributed by atoms with E-state index in [2.05, 4.69) is 6.92 Å². The number of hydrogen-bond donors (Lipinski definition) is 1. The molecule has 0 aromatic carbocycles. The summed E-state index contributed by atoms with van der Waals surface area (Å²) in [6.07, 6.45) is 5.42. The van der Waals surface area contributed by atoms with Crippen LogP contribution in [0.3, 0.4) is 0 Å². The Balaban J connectivity index is 1.75. The highest BCUT2D eigenvalue weighted by atomic mass is 35.5. The van der Waals surface area contributed by atoms with Crippen molar-refractivity contribution in [2.45, 2.75) is 64.1 Å². The van der Waals surface area contributed by atoms with Gasteiger partial charge in [0.15, 0.2) is 11.6 Å². The number of allylic oxidation sites excluding steroid dienone is 3. The third kappa shape index (κ3) is 2.09. The van der Waals surface area contributed by atoms with Crippen LogP contribution in [-0.4, -0.2) is 34.3 Å². The molecule has 0 radical (unpaired) electrons. The number of aliphatic hydroxyl groups excluding tert-OH is 1. The summed E-state index contributed by atoms with van der Waals surface area (Å²) in [5, 5.41) is 10.7. The fourth-order valence-corrected chi connectivity index (χ4v) is 6.73. The number of carbonyl (C=O) groups is 2. The first-order chi connectivity index (χ1) is 12.2. The average Bonchev–Trinajstić information content (AvgIpc) is 2.94. The molecule has 0 saturated heterocycles. The van der Waals surface area contributed by atoms with Crippen LogP contribution in [0.15, 0.2) is 23.3 Å². The molecule has 4 aliphatic rings. The minimum Gasteiger partial charge on any atom is -0.392 e. The van der Waals surface area contributed by atoms with Gasteiger partial charge in [0.05, 0.1) is 12.0 Å². The quantitative estimate of drug-likeness (QED) is 0.738. The lowest BCUT2D eigenvalue weighted by molar-refractivity contribution is -0.171. The molecular formula is C21H26ClFO3. The lowest BCUT2D eigenvalue weighted by Crippen LogP contribution is -2.64. The van der Waals surface area contributed by atoms with Gasteiger partial charge in [0.2, 0.25) is 0 Å². The van der Waals surface area contributed by atoms with Gasteiger partial charge in [-0.2, -0.15) is 0 Å². The Morgan fingerprint density at radius 1 is 1.35 bits per heavy atom. The van der Waals surface area contributed by atoms with Gasteiger partial charge in [0.1, 0.15) is 5.67 Å². The van der Waals surface area contributed by atoms with Crippen LogP contribution in [0, 0.1) is 22.7 Å². The molecule has 0 spiro atoms. The highest BCUT2D eigenvalue weighted by molar-refractivity contribution is 6.30. The topological polar surface area (TPSA) is 54.4 Å². The van der Waals surface area contributed by atoms with Crippen LogP contribution >= 0.6 is 11.6 Å². The van der Waals surface area contributed by atoms with Gasteiger partial charge in [-0.25, -0.2) is 4.39 Å². The summed E-state index contributed by atoms with van der Waals surface area (Å²) < 4.78 is 16.7. The van der Waals surface area contributed by atoms with Crippen LogP contribution in [0.4, 0.5) is 4.39 Å². The molecule has 0 heterocycles. The van der Waals surface area contributed by atoms with Crippen molar-refractivity contribution in [1.82, 2.24) is 0 Å². The fraction of sp³-hybridized carbons (Fsp3) is 0.714. The predicted octanol–water partition coefficient (Wildman–Crippen LogP) is 3.93. The summed E-state index contributed by atoms with van der Waals surface area (Å²) in [6.45, 7) is 3.88. The van der Waals surface area contributed by atoms with Gasteiger partial charge < -0.3 is 5.11 Å². The Kier molecular flexibility index (Phi) is 4.06. The smallest absolute Gasteiger partial charge is 0.173 e. The molecule has 5 heteroatoms. The number of alkyl halides is 2. The molecule has 26 heavy (non-hydrogen) atoms. The molecule has 6 atom stereocenters. The first-order valence-corrected chi connectivity index (χ1v) is 10.1. The van der Waals surface area contributed by atoms with Gasteiger partial charge in [0.25, 0.3) is 0 Å². The number of Topliss-reactive ketones (excluding diaryl/α,β-unsaturated/α-hetero) is 1. The number of halogens is 2. The summed E-state index contributed by atoms with van der Waals surface area (Å²) >= 11 is 5.80. The van der Waals surface area contributed by atoms with E-state index in [-0.39, 0.29) is 41.1 Å². The van der Waals surface area contributed by atoms with E-state index in [1.165, 1.54) is 0 Å². The van der Waals surface area contributed by atoms with Gasteiger partial charge >= 0.3 is 0 Å². The molecule has 2 fully saturated rings. The average molecular weight is 381 g/mol. The number of aliphatic hydroxyl groups is 1. The van der Waals surface area contributed by atoms with Crippen molar-refractivity contribution in [2.24, 2.45) is 22.7 Å². The molecule has 4 rings (SSSR count). The van der Waals surface area contributed by atoms with E-state index in [1.807, 2.05) is 6.08 Å². The van der Waals surface area contributed by atoms with E-state index in [0.717, 1.165) is 11.1 Å². The SMILES string of the molecule is C[C@]12CC[C@@]3(F)[C@@H](CCC4=CC(=O)CC(O)[C@@]43C)[C@@H]1CC=C2C(=O)CCl. The Morgan fingerprint density at radius 2 is 2.08 bits per heavy atom. The Bertz CT molecular complexity index is 744. The van der Waals surface area contributed by atoms with Gasteiger partial charge in [-0.3, -0.25) is 9.59 Å². The van der Waals surface area contributed by atoms with Crippen LogP contribution < -0.4 is 0 Å². The summed E-state index contributed by atoms with van der Waals surface area (Å²) in [4.78, 5) is 24.2. The Hall–Kier alpha value is -1.00. The van der Waals surface area contributed by atoms with E-state index in [4.69, 9.17) is 11.6 Å². The highest BCUT2D eigenvalue weighted by Gasteiger charge is 2.68. The molecule has 2 saturated carbocycles. The van der Waals surface area contributed by atoms with Gasteiger partial charge in [-0.15, -0.1) is 11.6 Å². The van der Waals surface area contributed by atoms with Crippen molar-refractivity contribution in [2.75, 3.05) is 5.88 Å². The third-order valence-electron chi connectivity index (χ3n) is 8.16. The minimum absolute atomic E-state index is 0.00540. The van der Waals surface area contributed by atoms with Crippen LogP contribution in [0.2, 0.25) is 0 Å². The number of carbonyl (C=O) groups excluding carboxylic acids is 2. The molecule has 142 valence electrons. The maximum absolute atomic E-state index is 16.7. The van der Waals surface area contributed by atoms with Crippen LogP contribution in [0.5, 0.6) is 0 Å². The van der Waals surface area contributed by atoms with Gasteiger partial charge in [0, 0.05) is 11.8 Å². The van der Waals surface area contributed by atoms with E-state index in [0.29, 0.717) is 32.1 Å². The summed E-state index contributed by atoms with van der Waals surface area (Å²) in [6, 6.07) is 0. The zero-order valence-electron chi connectivity index (χ0n) is 15.4. The second-order valence-corrected chi connectivity index (χ2v) is 9.27. The first kappa shape index (κ1) is 18.4. The van der Waals surface area contributed by atoms with Crippen LogP contribution in [0.1, 0.15) is 52.4 Å². The summed E-state index contributed by atoms with van der Waals surface area (Å²) in [5.74, 6) is -0.362. The number of fused-ring (bicyclic) bond motifs is 5. The normalized spacial score (nSPS) is 47.4. The second-order valence-electron chi connectivity index (χ2n) is 9.00. The van der Waals surface area contributed by atoms with Crippen molar-refractivity contribution in [3.8, 4) is 0 Å². The minimum atomic E-state index is -1.55. The van der Waals surface area contributed by atoms with E-state index in [9.17, 15) is 14.7 Å². The lowest BCUT2D eigenvalue weighted by atomic mass is 9.44. The summed E-state index contributed by atoms with van der Waals surface area (Å²) in [7, 11) is 0. The van der Waals surface area contributed by atoms with Crippen LogP contribution in [-0.2, 0) is 9.59 Å². The third-order valence-corrected chi connectivity index (χ3v) is 8.41. The molecule has 1 unspecified atom stereocenters. The van der Waals surface area contributed by atoms with Crippen molar-refractivity contribution >= 4 is 23.2 Å². The molecule has 0 amide bonds. The Labute approximate surface area is 158 Å². The number of rotatable bonds is 2. The van der Waals surface area contributed by atoms with Gasteiger partial charge in [-0.05, 0) is 61.0 Å². The Morgan fingerprint density at radius 3 is 2.77 bits per heavy atom. The monoisotopic (exact) mass is 380 g/mol. The molecule has 1 N–H and O–H groups in total. The molecule has 3 nitrogen and oxygen atoms in total. The maximum atomic E-state index is 16.7. The fourth-order valence-electron chi connectivity index (χ4n) is 6.59. The number of ketones is 2. The van der Waals surface area contributed by atoms with Gasteiger partial charge in [-0.1, -0.05) is 25.5 Å². The largest absolute Gasteiger partial charge is 0.392 e. The molecule has 4 aliphatic carbocycles. The van der Waals surface area contributed by atoms with E-state index < -0.39 is 17.2 Å². The molecular weight excluding hydrogens is 355 g/mol. The zero-order chi connectivity index (χ0) is 18.9. The lowest BCUT2D eigenvalue weighted by Gasteiger charge is -2.62. The zero-order valence-corrected chi connectivity index (χ0v) is 16.1. The summed E-state index contributed by atoms with van der Waals surface area (Å²) in [5.41, 5.74) is -1.35. The predicted molar refractivity (Wildman–Crippen MR) is 97.6 cm³/mol. The number of hydrogen-bond acceptors (Lipinski definition) is 3. The van der Waals surface area contributed by atoms with Crippen molar-refractivity contribution < 1.29 is 19.1 Å². The molecule has 0 bridgehead atoms. The first-order valence-electron chi connectivity index (χ1n) is 9.59. The maximum Gasteiger partial charge on any atom is 0.173 e. The van der Waals surface area contributed by atoms with Crippen molar-refractivity contribution in [3.63, 3.8) is 0 Å². The van der Waals surface area contributed by atoms with E-state index >= 15 is 4.39 Å².